The van der Waals surface area contributed by atoms with E-state index in [4.69, 9.17) is 10.5 Å². The van der Waals surface area contributed by atoms with Gasteiger partial charge in [0.25, 0.3) is 0 Å². The molecule has 3 N–H and O–H groups in total. The maximum Gasteiger partial charge on any atom is 0.230 e. The summed E-state index contributed by atoms with van der Waals surface area (Å²) in [5.41, 5.74) is 6.46. The number of carbonyl (C=O) groups excluding carboxylic acids is 1. The first-order chi connectivity index (χ1) is 13.5. The van der Waals surface area contributed by atoms with Crippen LogP contribution < -0.4 is 15.8 Å². The highest BCUT2D eigenvalue weighted by Crippen LogP contribution is 2.39. The van der Waals surface area contributed by atoms with Crippen molar-refractivity contribution in [2.75, 3.05) is 26.0 Å². The van der Waals surface area contributed by atoms with Gasteiger partial charge in [0.05, 0.1) is 12.0 Å². The molecule has 6 nitrogen and oxygen atoms in total. The number of benzene rings is 2. The molecule has 0 bridgehead atoms. The summed E-state index contributed by atoms with van der Waals surface area (Å²) in [5.74, 6) is 1.92. The van der Waals surface area contributed by atoms with E-state index in [0.29, 0.717) is 18.3 Å². The largest absolute Gasteiger partial charge is 0.457 e. The Hall–Kier alpha value is -3.02. The highest BCUT2D eigenvalue weighted by Gasteiger charge is 2.41. The first-order valence-corrected chi connectivity index (χ1v) is 9.60. The van der Waals surface area contributed by atoms with Crippen molar-refractivity contribution in [3.8, 4) is 11.5 Å². The molecule has 3 rings (SSSR count). The van der Waals surface area contributed by atoms with Gasteiger partial charge in [0.1, 0.15) is 11.5 Å². The molecule has 0 unspecified atom stereocenters. The van der Waals surface area contributed by atoms with Crippen LogP contribution in [0, 0.1) is 5.41 Å². The SMILES string of the molecule is CN(C)C(=O)C1(CN=C(N)Nc2cccc(Oc3ccccc3)c2)CCCC1. The van der Waals surface area contributed by atoms with Gasteiger partial charge in [-0.2, -0.15) is 0 Å². The number of para-hydroxylation sites is 1. The molecule has 0 atom stereocenters. The van der Waals surface area contributed by atoms with Crippen molar-refractivity contribution in [1.29, 1.82) is 0 Å². The van der Waals surface area contributed by atoms with Crippen molar-refractivity contribution in [2.24, 2.45) is 16.1 Å². The number of anilines is 1. The Morgan fingerprint density at radius 3 is 2.46 bits per heavy atom. The number of nitrogens with one attached hydrogen (secondary N) is 1. The van der Waals surface area contributed by atoms with Crippen molar-refractivity contribution in [3.63, 3.8) is 0 Å². The number of guanidine groups is 1. The van der Waals surface area contributed by atoms with Gasteiger partial charge in [-0.15, -0.1) is 0 Å². The van der Waals surface area contributed by atoms with Crippen molar-refractivity contribution in [1.82, 2.24) is 4.90 Å². The number of rotatable bonds is 6. The fourth-order valence-corrected chi connectivity index (χ4v) is 3.65. The minimum Gasteiger partial charge on any atom is -0.457 e. The molecule has 0 aromatic heterocycles. The minimum atomic E-state index is -0.423. The second-order valence-corrected chi connectivity index (χ2v) is 7.46. The molecule has 2 aromatic carbocycles. The molecule has 2 aromatic rings. The third kappa shape index (κ3) is 4.82. The number of nitrogens with zero attached hydrogens (tertiary/aromatic N) is 2. The van der Waals surface area contributed by atoms with Gasteiger partial charge >= 0.3 is 0 Å². The topological polar surface area (TPSA) is 80.0 Å². The van der Waals surface area contributed by atoms with Crippen molar-refractivity contribution < 1.29 is 9.53 Å². The van der Waals surface area contributed by atoms with Gasteiger partial charge in [-0.05, 0) is 37.1 Å². The zero-order valence-electron chi connectivity index (χ0n) is 16.5. The number of amides is 1. The zero-order chi connectivity index (χ0) is 20.0. The fourth-order valence-electron chi connectivity index (χ4n) is 3.65. The molecular formula is C22H28N4O2. The van der Waals surface area contributed by atoms with E-state index in [1.807, 2.05) is 54.6 Å². The van der Waals surface area contributed by atoms with Gasteiger partial charge in [0.2, 0.25) is 5.91 Å². The van der Waals surface area contributed by atoms with Crippen molar-refractivity contribution in [2.45, 2.75) is 25.7 Å². The second kappa shape index (κ2) is 8.78. The molecule has 0 spiro atoms. The molecule has 1 aliphatic rings. The summed E-state index contributed by atoms with van der Waals surface area (Å²) >= 11 is 0. The number of aliphatic imine (C=N–C) groups is 1. The summed E-state index contributed by atoms with van der Waals surface area (Å²) in [7, 11) is 3.60. The van der Waals surface area contributed by atoms with Crippen LogP contribution in [0.25, 0.3) is 0 Å². The van der Waals surface area contributed by atoms with Gasteiger partial charge in [-0.3, -0.25) is 9.79 Å². The molecule has 1 amide bonds. The lowest BCUT2D eigenvalue weighted by atomic mass is 9.85. The highest BCUT2D eigenvalue weighted by atomic mass is 16.5. The molecule has 148 valence electrons. The lowest BCUT2D eigenvalue weighted by molar-refractivity contribution is -0.138. The Morgan fingerprint density at radius 2 is 1.79 bits per heavy atom. The van der Waals surface area contributed by atoms with Crippen LogP contribution in [0.1, 0.15) is 25.7 Å². The molecule has 6 heteroatoms. The molecular weight excluding hydrogens is 352 g/mol. The Labute approximate surface area is 166 Å². The summed E-state index contributed by atoms with van der Waals surface area (Å²) in [6.45, 7) is 0.406. The fraction of sp³-hybridized carbons (Fsp3) is 0.364. The van der Waals surface area contributed by atoms with Crippen LogP contribution in [0.3, 0.4) is 0 Å². The van der Waals surface area contributed by atoms with E-state index in [0.717, 1.165) is 37.1 Å². The van der Waals surface area contributed by atoms with Gasteiger partial charge in [0.15, 0.2) is 5.96 Å². The second-order valence-electron chi connectivity index (χ2n) is 7.46. The molecule has 28 heavy (non-hydrogen) atoms. The van der Waals surface area contributed by atoms with Gasteiger partial charge in [-0.25, -0.2) is 0 Å². The van der Waals surface area contributed by atoms with Gasteiger partial charge in [0, 0.05) is 25.8 Å². The van der Waals surface area contributed by atoms with Crippen molar-refractivity contribution in [3.05, 3.63) is 54.6 Å². The standard InChI is InChI=1S/C22H28N4O2/c1-26(2)20(27)22(13-6-7-14-22)16-24-21(23)25-17-9-8-12-19(15-17)28-18-10-4-3-5-11-18/h3-5,8-12,15H,6-7,13-14,16H2,1-2H3,(H3,23,24,25). The van der Waals surface area contributed by atoms with Crippen LogP contribution in [0.15, 0.2) is 59.6 Å². The normalized spacial score (nSPS) is 15.9. The van der Waals surface area contributed by atoms with Crippen LogP contribution in [0.5, 0.6) is 11.5 Å². The molecule has 0 heterocycles. The predicted octanol–water partition coefficient (Wildman–Crippen LogP) is 3.85. The van der Waals surface area contributed by atoms with Crippen LogP contribution in [-0.4, -0.2) is 37.4 Å². The predicted molar refractivity (Wildman–Crippen MR) is 113 cm³/mol. The maximum absolute atomic E-state index is 12.6. The average molecular weight is 380 g/mol. The van der Waals surface area contributed by atoms with E-state index >= 15 is 0 Å². The smallest absolute Gasteiger partial charge is 0.230 e. The summed E-state index contributed by atoms with van der Waals surface area (Å²) in [6, 6.07) is 17.1. The Balaban J connectivity index is 1.66. The number of ether oxygens (including phenoxy) is 1. The van der Waals surface area contributed by atoms with E-state index < -0.39 is 5.41 Å². The maximum atomic E-state index is 12.6. The number of nitrogens with two attached hydrogens (primary N) is 1. The first-order valence-electron chi connectivity index (χ1n) is 9.60. The molecule has 0 radical (unpaired) electrons. The van der Waals surface area contributed by atoms with E-state index in [2.05, 4.69) is 10.3 Å². The third-order valence-corrected chi connectivity index (χ3v) is 5.06. The quantitative estimate of drug-likeness (QED) is 0.589. The number of carbonyl (C=O) groups is 1. The van der Waals surface area contributed by atoms with Crippen molar-refractivity contribution >= 4 is 17.6 Å². The lowest BCUT2D eigenvalue weighted by Crippen LogP contribution is -2.41. The van der Waals surface area contributed by atoms with Crippen LogP contribution in [0.4, 0.5) is 5.69 Å². The summed E-state index contributed by atoms with van der Waals surface area (Å²) in [4.78, 5) is 18.8. The van der Waals surface area contributed by atoms with E-state index in [9.17, 15) is 4.79 Å². The third-order valence-electron chi connectivity index (χ3n) is 5.06. The lowest BCUT2D eigenvalue weighted by Gasteiger charge is -2.29. The number of hydrogen-bond donors (Lipinski definition) is 2. The molecule has 0 saturated heterocycles. The van der Waals surface area contributed by atoms with E-state index in [1.54, 1.807) is 19.0 Å². The van der Waals surface area contributed by atoms with Crippen LogP contribution in [-0.2, 0) is 4.79 Å². The Morgan fingerprint density at radius 1 is 1.11 bits per heavy atom. The molecule has 1 fully saturated rings. The Kier molecular flexibility index (Phi) is 6.19. The summed E-state index contributed by atoms with van der Waals surface area (Å²) < 4.78 is 5.84. The van der Waals surface area contributed by atoms with Gasteiger partial charge in [-0.1, -0.05) is 37.1 Å². The highest BCUT2D eigenvalue weighted by molar-refractivity contribution is 5.93. The summed E-state index contributed by atoms with van der Waals surface area (Å²) in [6.07, 6.45) is 3.84. The Bertz CT molecular complexity index is 827. The van der Waals surface area contributed by atoms with E-state index in [1.165, 1.54) is 0 Å². The van der Waals surface area contributed by atoms with Crippen LogP contribution >= 0.6 is 0 Å². The first kappa shape index (κ1) is 19.7. The minimum absolute atomic E-state index is 0.139. The van der Waals surface area contributed by atoms with Crippen LogP contribution in [0.2, 0.25) is 0 Å². The summed E-state index contributed by atoms with van der Waals surface area (Å²) in [5, 5.41) is 3.10. The average Bonchev–Trinajstić information content (AvgIpc) is 3.17. The molecule has 1 aliphatic carbocycles. The monoisotopic (exact) mass is 380 g/mol. The van der Waals surface area contributed by atoms with Gasteiger partial charge < -0.3 is 20.7 Å². The molecule has 0 aliphatic heterocycles. The number of hydrogen-bond acceptors (Lipinski definition) is 3. The zero-order valence-corrected chi connectivity index (χ0v) is 16.5. The van der Waals surface area contributed by atoms with E-state index in [-0.39, 0.29) is 5.91 Å². The molecule has 1 saturated carbocycles.